The minimum atomic E-state index is -3.73. The third-order valence-electron chi connectivity index (χ3n) is 5.01. The number of rotatable bonds is 4. The van der Waals surface area contributed by atoms with E-state index in [2.05, 4.69) is 9.71 Å². The monoisotopic (exact) mass is 407 g/mol. The van der Waals surface area contributed by atoms with E-state index >= 15 is 0 Å². The Hall–Kier alpha value is -3.19. The van der Waals surface area contributed by atoms with Gasteiger partial charge in [0.2, 0.25) is 0 Å². The van der Waals surface area contributed by atoms with Gasteiger partial charge in [0.25, 0.3) is 15.9 Å². The molecule has 3 aromatic rings. The van der Waals surface area contributed by atoms with Crippen molar-refractivity contribution in [2.45, 2.75) is 25.2 Å². The van der Waals surface area contributed by atoms with Crippen LogP contribution in [0.25, 0.3) is 0 Å². The molecular weight excluding hydrogens is 386 g/mol. The van der Waals surface area contributed by atoms with E-state index in [-0.39, 0.29) is 10.8 Å². The Bertz CT molecular complexity index is 1190. The van der Waals surface area contributed by atoms with E-state index in [4.69, 9.17) is 0 Å². The molecule has 1 N–H and O–H groups in total. The summed E-state index contributed by atoms with van der Waals surface area (Å²) in [5.41, 5.74) is 4.35. The minimum absolute atomic E-state index is 0.147. The lowest BCUT2D eigenvalue weighted by atomic mass is 10.1. The highest BCUT2D eigenvalue weighted by Crippen LogP contribution is 2.33. The lowest BCUT2D eigenvalue weighted by Crippen LogP contribution is -2.29. The van der Waals surface area contributed by atoms with E-state index in [0.717, 1.165) is 23.2 Å². The second-order valence-corrected chi connectivity index (χ2v) is 8.82. The predicted molar refractivity (Wildman–Crippen MR) is 113 cm³/mol. The van der Waals surface area contributed by atoms with Gasteiger partial charge in [0.15, 0.2) is 0 Å². The highest BCUT2D eigenvalue weighted by Gasteiger charge is 2.27. The summed E-state index contributed by atoms with van der Waals surface area (Å²) >= 11 is 0. The molecule has 0 atom stereocenters. The van der Waals surface area contributed by atoms with Crippen LogP contribution in [0.15, 0.2) is 65.8 Å². The number of hydrogen-bond acceptors (Lipinski definition) is 4. The van der Waals surface area contributed by atoms with E-state index in [1.165, 1.54) is 6.20 Å². The lowest BCUT2D eigenvalue weighted by molar-refractivity contribution is 0.0989. The average Bonchev–Trinajstić information content (AvgIpc) is 3.10. The normalized spacial score (nSPS) is 13.2. The third-order valence-corrected chi connectivity index (χ3v) is 6.55. The number of pyridine rings is 1. The van der Waals surface area contributed by atoms with Crippen molar-refractivity contribution in [2.24, 2.45) is 0 Å². The molecule has 1 aliphatic heterocycles. The predicted octanol–water partition coefficient (Wildman–Crippen LogP) is 3.70. The van der Waals surface area contributed by atoms with E-state index < -0.39 is 10.0 Å². The molecule has 4 rings (SSSR count). The summed E-state index contributed by atoms with van der Waals surface area (Å²) in [6.07, 6.45) is 3.88. The smallest absolute Gasteiger partial charge is 0.262 e. The highest BCUT2D eigenvalue weighted by atomic mass is 32.2. The molecule has 0 aliphatic carbocycles. The number of nitrogens with one attached hydrogen (secondary N) is 1. The Balaban J connectivity index is 1.64. The number of sulfonamides is 1. The van der Waals surface area contributed by atoms with Crippen LogP contribution in [0, 0.1) is 13.8 Å². The molecule has 0 bridgehead atoms. The second kappa shape index (κ2) is 7.33. The molecule has 0 saturated carbocycles. The Kier molecular flexibility index (Phi) is 4.84. The van der Waals surface area contributed by atoms with Gasteiger partial charge in [-0.25, -0.2) is 8.42 Å². The first-order valence-corrected chi connectivity index (χ1v) is 10.8. The molecular formula is C22H21N3O3S. The fourth-order valence-corrected chi connectivity index (χ4v) is 4.89. The van der Waals surface area contributed by atoms with Crippen molar-refractivity contribution >= 4 is 27.3 Å². The molecule has 0 radical (unpaired) electrons. The molecule has 0 unspecified atom stereocenters. The summed E-state index contributed by atoms with van der Waals surface area (Å²) in [6.45, 7) is 4.25. The summed E-state index contributed by atoms with van der Waals surface area (Å²) in [5, 5.41) is 0. The molecule has 2 aromatic carbocycles. The Morgan fingerprint density at radius 3 is 2.66 bits per heavy atom. The van der Waals surface area contributed by atoms with E-state index in [1.54, 1.807) is 54.4 Å². The summed E-state index contributed by atoms with van der Waals surface area (Å²) in [4.78, 5) is 18.8. The molecule has 1 amide bonds. The van der Waals surface area contributed by atoms with Gasteiger partial charge >= 0.3 is 0 Å². The molecule has 29 heavy (non-hydrogen) atoms. The molecule has 2 heterocycles. The van der Waals surface area contributed by atoms with Gasteiger partial charge in [0.1, 0.15) is 0 Å². The van der Waals surface area contributed by atoms with Crippen LogP contribution in [0.1, 0.15) is 27.0 Å². The zero-order chi connectivity index (χ0) is 20.6. The van der Waals surface area contributed by atoms with Gasteiger partial charge in [-0.15, -0.1) is 0 Å². The van der Waals surface area contributed by atoms with Gasteiger partial charge < -0.3 is 4.90 Å². The third kappa shape index (κ3) is 3.73. The van der Waals surface area contributed by atoms with Gasteiger partial charge in [0, 0.05) is 24.6 Å². The van der Waals surface area contributed by atoms with Crippen molar-refractivity contribution in [1.82, 2.24) is 4.98 Å². The standard InChI is InChI=1S/C22H21N3O3S/c1-15-5-8-21(16(2)12-15)29(27,28)24-19-7-6-17-9-11-25(20(17)13-19)22(26)18-4-3-10-23-14-18/h3-8,10,12-14,24H,9,11H2,1-2H3. The van der Waals surface area contributed by atoms with Gasteiger partial charge in [-0.05, 0) is 61.7 Å². The van der Waals surface area contributed by atoms with Crippen LogP contribution in [0.5, 0.6) is 0 Å². The number of benzene rings is 2. The van der Waals surface area contributed by atoms with Crippen molar-refractivity contribution in [1.29, 1.82) is 0 Å². The van der Waals surface area contributed by atoms with Gasteiger partial charge in [-0.3, -0.25) is 14.5 Å². The molecule has 6 nitrogen and oxygen atoms in total. The van der Waals surface area contributed by atoms with Crippen LogP contribution in [0.4, 0.5) is 11.4 Å². The van der Waals surface area contributed by atoms with Crippen LogP contribution in [-0.2, 0) is 16.4 Å². The Morgan fingerprint density at radius 2 is 1.93 bits per heavy atom. The number of carbonyl (C=O) groups excluding carboxylic acids is 1. The molecule has 148 valence electrons. The fraction of sp³-hybridized carbons (Fsp3) is 0.182. The summed E-state index contributed by atoms with van der Waals surface area (Å²) in [6, 6.07) is 14.0. The van der Waals surface area contributed by atoms with Crippen molar-refractivity contribution < 1.29 is 13.2 Å². The topological polar surface area (TPSA) is 79.4 Å². The van der Waals surface area contributed by atoms with Gasteiger partial charge in [-0.1, -0.05) is 23.8 Å². The van der Waals surface area contributed by atoms with E-state index in [9.17, 15) is 13.2 Å². The zero-order valence-corrected chi connectivity index (χ0v) is 17.0. The van der Waals surface area contributed by atoms with Crippen molar-refractivity contribution in [2.75, 3.05) is 16.2 Å². The molecule has 0 spiro atoms. The maximum atomic E-state index is 12.9. The number of nitrogens with zero attached hydrogens (tertiary/aromatic N) is 2. The molecule has 7 heteroatoms. The Morgan fingerprint density at radius 1 is 1.10 bits per heavy atom. The number of aromatic nitrogens is 1. The van der Waals surface area contributed by atoms with Crippen LogP contribution >= 0.6 is 0 Å². The first-order valence-electron chi connectivity index (χ1n) is 9.30. The summed E-state index contributed by atoms with van der Waals surface area (Å²) in [5.74, 6) is -0.147. The molecule has 1 aliphatic rings. The summed E-state index contributed by atoms with van der Waals surface area (Å²) < 4.78 is 28.4. The number of anilines is 2. The maximum absolute atomic E-state index is 12.9. The fourth-order valence-electron chi connectivity index (χ4n) is 3.61. The molecule has 0 saturated heterocycles. The summed E-state index contributed by atoms with van der Waals surface area (Å²) in [7, 11) is -3.73. The maximum Gasteiger partial charge on any atom is 0.262 e. The van der Waals surface area contributed by atoms with E-state index in [0.29, 0.717) is 23.4 Å². The van der Waals surface area contributed by atoms with Crippen LogP contribution in [0.3, 0.4) is 0 Å². The number of carbonyl (C=O) groups is 1. The van der Waals surface area contributed by atoms with Crippen LogP contribution in [0.2, 0.25) is 0 Å². The van der Waals surface area contributed by atoms with Gasteiger partial charge in [0.05, 0.1) is 16.1 Å². The van der Waals surface area contributed by atoms with Crippen molar-refractivity contribution in [3.05, 3.63) is 83.2 Å². The first kappa shape index (κ1) is 19.1. The number of hydrogen-bond donors (Lipinski definition) is 1. The molecule has 0 fully saturated rings. The van der Waals surface area contributed by atoms with Crippen molar-refractivity contribution in [3.8, 4) is 0 Å². The Labute approximate surface area is 170 Å². The quantitative estimate of drug-likeness (QED) is 0.715. The lowest BCUT2D eigenvalue weighted by Gasteiger charge is -2.18. The number of fused-ring (bicyclic) bond motifs is 1. The molecule has 1 aromatic heterocycles. The highest BCUT2D eigenvalue weighted by molar-refractivity contribution is 7.92. The number of amides is 1. The first-order chi connectivity index (χ1) is 13.8. The SMILES string of the molecule is Cc1ccc(S(=O)(=O)Nc2ccc3c(c2)N(C(=O)c2cccnc2)CC3)c(C)c1. The second-order valence-electron chi connectivity index (χ2n) is 7.17. The zero-order valence-electron chi connectivity index (χ0n) is 16.2. The van der Waals surface area contributed by atoms with Gasteiger partial charge in [-0.2, -0.15) is 0 Å². The van der Waals surface area contributed by atoms with Crippen LogP contribution in [-0.4, -0.2) is 25.9 Å². The average molecular weight is 407 g/mol. The van der Waals surface area contributed by atoms with E-state index in [1.807, 2.05) is 19.1 Å². The minimum Gasteiger partial charge on any atom is -0.308 e. The van der Waals surface area contributed by atoms with Crippen LogP contribution < -0.4 is 9.62 Å². The number of aryl methyl sites for hydroxylation is 2. The largest absolute Gasteiger partial charge is 0.308 e. The van der Waals surface area contributed by atoms with Crippen molar-refractivity contribution in [3.63, 3.8) is 0 Å².